The van der Waals surface area contributed by atoms with Crippen LogP contribution >= 0.6 is 0 Å². The van der Waals surface area contributed by atoms with Crippen LogP contribution < -0.4 is 0 Å². The third-order valence-corrected chi connectivity index (χ3v) is 5.10. The van der Waals surface area contributed by atoms with Crippen LogP contribution in [0.4, 0.5) is 0 Å². The fourth-order valence-corrected chi connectivity index (χ4v) is 3.12. The van der Waals surface area contributed by atoms with Crippen molar-refractivity contribution in [3.63, 3.8) is 0 Å². The second-order valence-electron chi connectivity index (χ2n) is 7.65. The second kappa shape index (κ2) is 16.1. The van der Waals surface area contributed by atoms with Crippen LogP contribution in [0, 0.1) is 5.21 Å². The minimum absolute atomic E-state index is 0.282. The molecule has 144 valence electrons. The Morgan fingerprint density at radius 2 is 0.958 bits per heavy atom. The van der Waals surface area contributed by atoms with Crippen LogP contribution in [0.25, 0.3) is 0 Å². The summed E-state index contributed by atoms with van der Waals surface area (Å²) in [6, 6.07) is 0. The number of hydroxylamine groups is 3. The normalized spacial score (nSPS) is 13.8. The summed E-state index contributed by atoms with van der Waals surface area (Å²) in [5.74, 6) is -0.282. The molecule has 0 aromatic heterocycles. The molecule has 3 heteroatoms. The van der Waals surface area contributed by atoms with Gasteiger partial charge in [0.25, 0.3) is 0 Å². The molecule has 0 radical (unpaired) electrons. The van der Waals surface area contributed by atoms with Crippen LogP contribution in [-0.2, 0) is 4.79 Å². The molecule has 3 nitrogen and oxygen atoms in total. The molecule has 0 N–H and O–H groups in total. The van der Waals surface area contributed by atoms with E-state index in [1.807, 2.05) is 0 Å². The van der Waals surface area contributed by atoms with E-state index in [1.165, 1.54) is 104 Å². The van der Waals surface area contributed by atoms with Gasteiger partial charge in [-0.2, -0.15) is 0 Å². The lowest BCUT2D eigenvalue weighted by Crippen LogP contribution is -2.42. The van der Waals surface area contributed by atoms with Crippen molar-refractivity contribution in [3.8, 4) is 0 Å². The van der Waals surface area contributed by atoms with Gasteiger partial charge in [-0.05, 0) is 12.8 Å². The summed E-state index contributed by atoms with van der Waals surface area (Å²) in [5, 5.41) is 11.7. The fraction of sp³-hybridized carbons (Fsp3) is 0.952. The summed E-state index contributed by atoms with van der Waals surface area (Å²) in [7, 11) is 1.47. The van der Waals surface area contributed by atoms with Gasteiger partial charge in [0.05, 0.1) is 20.5 Å². The first kappa shape index (κ1) is 23.6. The Kier molecular flexibility index (Phi) is 15.8. The Hall–Kier alpha value is -0.410. The summed E-state index contributed by atoms with van der Waals surface area (Å²) < 4.78 is -0.710. The predicted molar refractivity (Wildman–Crippen MR) is 105 cm³/mol. The lowest BCUT2D eigenvalue weighted by atomic mass is 10.0. The third-order valence-electron chi connectivity index (χ3n) is 5.10. The van der Waals surface area contributed by atoms with Crippen LogP contribution in [0.1, 0.15) is 117 Å². The molecule has 0 heterocycles. The van der Waals surface area contributed by atoms with E-state index in [9.17, 15) is 10.0 Å². The summed E-state index contributed by atoms with van der Waals surface area (Å²) in [6.07, 6.45) is 21.2. The molecule has 0 aliphatic heterocycles. The van der Waals surface area contributed by atoms with Crippen molar-refractivity contribution in [2.75, 3.05) is 13.6 Å². The summed E-state index contributed by atoms with van der Waals surface area (Å²) in [5.41, 5.74) is 0. The third kappa shape index (κ3) is 15.1. The maximum atomic E-state index is 11.7. The van der Waals surface area contributed by atoms with Crippen LogP contribution in [-0.4, -0.2) is 24.1 Å². The van der Waals surface area contributed by atoms with Gasteiger partial charge in [0.15, 0.2) is 0 Å². The number of quaternary nitrogens is 1. The van der Waals surface area contributed by atoms with E-state index < -0.39 is 4.65 Å². The van der Waals surface area contributed by atoms with Gasteiger partial charge in [-0.25, -0.2) is 4.79 Å². The number of hydrogen-bond acceptors (Lipinski definition) is 2. The van der Waals surface area contributed by atoms with Gasteiger partial charge >= 0.3 is 5.91 Å². The zero-order valence-corrected chi connectivity index (χ0v) is 16.8. The molecule has 0 spiro atoms. The van der Waals surface area contributed by atoms with E-state index in [2.05, 4.69) is 6.92 Å². The highest BCUT2D eigenvalue weighted by atomic mass is 16.6. The van der Waals surface area contributed by atoms with Gasteiger partial charge in [-0.15, -0.1) is 0 Å². The van der Waals surface area contributed by atoms with Crippen molar-refractivity contribution in [3.05, 3.63) is 5.21 Å². The minimum atomic E-state index is -0.710. The van der Waals surface area contributed by atoms with Gasteiger partial charge in [-0.1, -0.05) is 96.8 Å². The summed E-state index contributed by atoms with van der Waals surface area (Å²) >= 11 is 0. The Bertz CT molecular complexity index is 290. The van der Waals surface area contributed by atoms with Gasteiger partial charge < -0.3 is 9.85 Å². The fourth-order valence-electron chi connectivity index (χ4n) is 3.12. The van der Waals surface area contributed by atoms with Crippen LogP contribution in [0.5, 0.6) is 0 Å². The van der Waals surface area contributed by atoms with Crippen LogP contribution in [0.3, 0.4) is 0 Å². The number of carbonyl (C=O) groups excluding carboxylic acids is 1. The molecular formula is C21H43NO2. The van der Waals surface area contributed by atoms with Crippen molar-refractivity contribution in [1.82, 2.24) is 0 Å². The smallest absolute Gasteiger partial charge is 0.310 e. The number of unbranched alkanes of at least 4 members (excludes halogenated alkanes) is 15. The largest absolute Gasteiger partial charge is 0.625 e. The van der Waals surface area contributed by atoms with E-state index in [1.54, 1.807) is 0 Å². The average Bonchev–Trinajstić information content (AvgIpc) is 2.54. The number of rotatable bonds is 17. The Balaban J connectivity index is 3.14. The van der Waals surface area contributed by atoms with E-state index in [-0.39, 0.29) is 5.91 Å². The maximum Gasteiger partial charge on any atom is 0.310 e. The molecule has 0 bridgehead atoms. The van der Waals surface area contributed by atoms with Gasteiger partial charge in [0, 0.05) is 0 Å². The number of amides is 1. The van der Waals surface area contributed by atoms with Crippen molar-refractivity contribution in [2.24, 2.45) is 0 Å². The molecule has 0 rings (SSSR count). The van der Waals surface area contributed by atoms with Gasteiger partial charge in [0.2, 0.25) is 0 Å². The zero-order chi connectivity index (χ0) is 18.1. The van der Waals surface area contributed by atoms with Crippen molar-refractivity contribution < 1.29 is 9.44 Å². The Morgan fingerprint density at radius 1 is 0.667 bits per heavy atom. The van der Waals surface area contributed by atoms with E-state index in [0.29, 0.717) is 6.54 Å². The first-order valence-corrected chi connectivity index (χ1v) is 10.6. The zero-order valence-electron chi connectivity index (χ0n) is 16.8. The first-order valence-electron chi connectivity index (χ1n) is 10.6. The van der Waals surface area contributed by atoms with E-state index >= 15 is 0 Å². The molecule has 24 heavy (non-hydrogen) atoms. The van der Waals surface area contributed by atoms with Crippen molar-refractivity contribution >= 4 is 5.91 Å². The average molecular weight is 342 g/mol. The first-order chi connectivity index (χ1) is 11.5. The molecule has 0 aromatic carbocycles. The number of nitrogens with zero attached hydrogens (tertiary/aromatic N) is 1. The van der Waals surface area contributed by atoms with Gasteiger partial charge in [0.1, 0.15) is 0 Å². The molecule has 0 aromatic rings. The quantitative estimate of drug-likeness (QED) is 0.167. The highest BCUT2D eigenvalue weighted by Crippen LogP contribution is 2.14. The van der Waals surface area contributed by atoms with Crippen molar-refractivity contribution in [2.45, 2.75) is 117 Å². The molecule has 0 aliphatic carbocycles. The maximum absolute atomic E-state index is 11.7. The van der Waals surface area contributed by atoms with Gasteiger partial charge in [-0.3, -0.25) is 0 Å². The molecular weight excluding hydrogens is 298 g/mol. The molecule has 0 saturated carbocycles. The van der Waals surface area contributed by atoms with E-state index in [0.717, 1.165) is 12.8 Å². The second-order valence-corrected chi connectivity index (χ2v) is 7.65. The molecule has 1 amide bonds. The Labute approximate surface area is 151 Å². The van der Waals surface area contributed by atoms with Crippen LogP contribution in [0.15, 0.2) is 0 Å². The molecule has 0 aliphatic rings. The molecule has 0 fully saturated rings. The predicted octanol–water partition coefficient (Wildman–Crippen LogP) is 6.74. The van der Waals surface area contributed by atoms with Crippen LogP contribution in [0.2, 0.25) is 0 Å². The SMILES string of the molecule is CCCCCCCCCCCCCCCCCC[N+](C)([O-])C(C)=O. The highest BCUT2D eigenvalue weighted by molar-refractivity contribution is 5.65. The van der Waals surface area contributed by atoms with E-state index in [4.69, 9.17) is 0 Å². The number of carbonyl (C=O) groups is 1. The minimum Gasteiger partial charge on any atom is -0.625 e. The lowest BCUT2D eigenvalue weighted by Gasteiger charge is -2.34. The Morgan fingerprint density at radius 3 is 1.25 bits per heavy atom. The topological polar surface area (TPSA) is 40.1 Å². The molecule has 1 atom stereocenters. The lowest BCUT2D eigenvalue weighted by molar-refractivity contribution is -0.782. The molecule has 0 saturated heterocycles. The summed E-state index contributed by atoms with van der Waals surface area (Å²) in [4.78, 5) is 11.1. The van der Waals surface area contributed by atoms with Crippen molar-refractivity contribution in [1.29, 1.82) is 0 Å². The monoisotopic (exact) mass is 341 g/mol. The molecule has 1 unspecified atom stereocenters. The summed E-state index contributed by atoms with van der Waals surface area (Å²) in [6.45, 7) is 4.10. The number of hydrogen-bond donors (Lipinski definition) is 0. The standard InChI is InChI=1S/C21H43NO2/c1-4-5-6-7-8-9-10-11-12-13-14-15-16-17-18-19-20-22(3,24)21(2)23/h4-20H2,1-3H3. The highest BCUT2D eigenvalue weighted by Gasteiger charge is 2.15.